The number of benzene rings is 1. The Morgan fingerprint density at radius 3 is 2.79 bits per heavy atom. The Balaban J connectivity index is 2.06. The third-order valence-electron chi connectivity index (χ3n) is 3.98. The summed E-state index contributed by atoms with van der Waals surface area (Å²) in [6.45, 7) is 3.94. The van der Waals surface area contributed by atoms with E-state index in [1.807, 2.05) is 26.0 Å². The van der Waals surface area contributed by atoms with Crippen molar-refractivity contribution in [3.8, 4) is 0 Å². The van der Waals surface area contributed by atoms with Gasteiger partial charge in [0.25, 0.3) is 0 Å². The third-order valence-corrected chi connectivity index (χ3v) is 3.98. The zero-order valence-corrected chi connectivity index (χ0v) is 11.8. The van der Waals surface area contributed by atoms with E-state index in [0.717, 1.165) is 24.8 Å². The first kappa shape index (κ1) is 14.2. The number of ketones is 1. The highest BCUT2D eigenvalue weighted by Crippen LogP contribution is 2.23. The Morgan fingerprint density at radius 2 is 2.11 bits per heavy atom. The number of aryl methyl sites for hydroxylation is 2. The molecule has 2 unspecified atom stereocenters. The number of aliphatic hydroxyl groups excluding tert-OH is 1. The van der Waals surface area contributed by atoms with Crippen LogP contribution in [0, 0.1) is 0 Å². The maximum Gasteiger partial charge on any atom is 0.179 e. The first-order chi connectivity index (χ1) is 9.15. The number of rotatable bonds is 6. The lowest BCUT2D eigenvalue weighted by Gasteiger charge is -2.19. The highest BCUT2D eigenvalue weighted by molar-refractivity contribution is 6.00. The first-order valence-corrected chi connectivity index (χ1v) is 7.18. The van der Waals surface area contributed by atoms with Gasteiger partial charge in [0, 0.05) is 11.6 Å². The van der Waals surface area contributed by atoms with Crippen molar-refractivity contribution in [2.45, 2.75) is 51.6 Å². The van der Waals surface area contributed by atoms with Crippen molar-refractivity contribution in [3.63, 3.8) is 0 Å². The summed E-state index contributed by atoms with van der Waals surface area (Å²) in [5.74, 6) is 0.113. The number of nitrogens with one attached hydrogen (secondary N) is 1. The molecular formula is C16H23NO2. The van der Waals surface area contributed by atoms with Crippen LogP contribution in [0.1, 0.15) is 48.2 Å². The van der Waals surface area contributed by atoms with Gasteiger partial charge >= 0.3 is 0 Å². The predicted octanol–water partition coefficient (Wildman–Crippen LogP) is 2.11. The molecule has 0 fully saturated rings. The van der Waals surface area contributed by atoms with E-state index in [9.17, 15) is 9.90 Å². The van der Waals surface area contributed by atoms with Crippen molar-refractivity contribution in [2.75, 3.05) is 6.61 Å². The second-order valence-electron chi connectivity index (χ2n) is 5.38. The predicted molar refractivity (Wildman–Crippen MR) is 76.6 cm³/mol. The number of carbonyl (C=O) groups excluding carboxylic acids is 1. The fraction of sp³-hybridized carbons (Fsp3) is 0.562. The minimum Gasteiger partial charge on any atom is -0.395 e. The van der Waals surface area contributed by atoms with Crippen molar-refractivity contribution >= 4 is 5.78 Å². The maximum atomic E-state index is 12.4. The van der Waals surface area contributed by atoms with Crippen LogP contribution in [0.5, 0.6) is 0 Å². The summed E-state index contributed by atoms with van der Waals surface area (Å²) in [4.78, 5) is 12.4. The molecule has 2 rings (SSSR count). The van der Waals surface area contributed by atoms with E-state index in [2.05, 4.69) is 11.4 Å². The molecule has 2 N–H and O–H groups in total. The molecular weight excluding hydrogens is 238 g/mol. The van der Waals surface area contributed by atoms with Crippen LogP contribution in [-0.4, -0.2) is 29.6 Å². The maximum absolute atomic E-state index is 12.4. The fourth-order valence-electron chi connectivity index (χ4n) is 2.70. The Bertz CT molecular complexity index is 452. The Hall–Kier alpha value is -1.19. The molecule has 19 heavy (non-hydrogen) atoms. The smallest absolute Gasteiger partial charge is 0.179 e. The summed E-state index contributed by atoms with van der Waals surface area (Å²) in [7, 11) is 0. The van der Waals surface area contributed by atoms with Crippen LogP contribution >= 0.6 is 0 Å². The summed E-state index contributed by atoms with van der Waals surface area (Å²) < 4.78 is 0. The van der Waals surface area contributed by atoms with E-state index in [1.165, 1.54) is 17.5 Å². The average molecular weight is 261 g/mol. The topological polar surface area (TPSA) is 49.3 Å². The molecule has 3 heteroatoms. The number of Topliss-reactive ketones (excluding diaryl/α,β-unsaturated/α-hetero) is 1. The summed E-state index contributed by atoms with van der Waals surface area (Å²) in [5.41, 5.74) is 3.50. The van der Waals surface area contributed by atoms with Gasteiger partial charge in [0.2, 0.25) is 0 Å². The monoisotopic (exact) mass is 261 g/mol. The zero-order valence-electron chi connectivity index (χ0n) is 11.8. The van der Waals surface area contributed by atoms with Crippen molar-refractivity contribution < 1.29 is 9.90 Å². The minimum absolute atomic E-state index is 0.00613. The van der Waals surface area contributed by atoms with Crippen LogP contribution in [0.3, 0.4) is 0 Å². The normalized spacial score (nSPS) is 17.0. The third kappa shape index (κ3) is 3.23. The Morgan fingerprint density at radius 1 is 1.37 bits per heavy atom. The summed E-state index contributed by atoms with van der Waals surface area (Å²) in [5, 5.41) is 12.4. The van der Waals surface area contributed by atoms with E-state index in [1.54, 1.807) is 0 Å². The van der Waals surface area contributed by atoms with E-state index < -0.39 is 0 Å². The van der Waals surface area contributed by atoms with Gasteiger partial charge in [0.05, 0.1) is 12.6 Å². The number of fused-ring (bicyclic) bond motifs is 1. The van der Waals surface area contributed by atoms with E-state index in [4.69, 9.17) is 0 Å². The summed E-state index contributed by atoms with van der Waals surface area (Å²) >= 11 is 0. The second kappa shape index (κ2) is 6.31. The molecule has 0 aromatic heterocycles. The molecule has 0 radical (unpaired) electrons. The number of hydrogen-bond donors (Lipinski definition) is 2. The fourth-order valence-corrected chi connectivity index (χ4v) is 2.70. The SMILES string of the molecule is CCC(CO)NC(C)C(=O)c1ccc2c(c1)CCC2. The minimum atomic E-state index is -0.253. The quantitative estimate of drug-likeness (QED) is 0.771. The number of carbonyl (C=O) groups is 1. The molecule has 0 spiro atoms. The average Bonchev–Trinajstić information content (AvgIpc) is 2.90. The van der Waals surface area contributed by atoms with E-state index in [0.29, 0.717) is 0 Å². The van der Waals surface area contributed by atoms with Gasteiger partial charge in [-0.05, 0) is 49.8 Å². The van der Waals surface area contributed by atoms with Crippen LogP contribution in [0.4, 0.5) is 0 Å². The van der Waals surface area contributed by atoms with Crippen molar-refractivity contribution in [1.82, 2.24) is 5.32 Å². The molecule has 1 aromatic carbocycles. The van der Waals surface area contributed by atoms with Crippen molar-refractivity contribution in [1.29, 1.82) is 0 Å². The molecule has 0 amide bonds. The largest absolute Gasteiger partial charge is 0.395 e. The van der Waals surface area contributed by atoms with Gasteiger partial charge in [-0.15, -0.1) is 0 Å². The van der Waals surface area contributed by atoms with Gasteiger partial charge in [-0.25, -0.2) is 0 Å². The molecule has 104 valence electrons. The van der Waals surface area contributed by atoms with Gasteiger partial charge in [0.15, 0.2) is 5.78 Å². The van der Waals surface area contributed by atoms with Gasteiger partial charge < -0.3 is 10.4 Å². The summed E-state index contributed by atoms with van der Waals surface area (Å²) in [6.07, 6.45) is 4.24. The van der Waals surface area contributed by atoms with Gasteiger partial charge in [-0.3, -0.25) is 4.79 Å². The molecule has 2 atom stereocenters. The lowest BCUT2D eigenvalue weighted by Crippen LogP contribution is -2.43. The highest BCUT2D eigenvalue weighted by Gasteiger charge is 2.20. The second-order valence-corrected chi connectivity index (χ2v) is 5.38. The van der Waals surface area contributed by atoms with Crippen molar-refractivity contribution in [2.24, 2.45) is 0 Å². The van der Waals surface area contributed by atoms with Gasteiger partial charge in [-0.1, -0.05) is 19.1 Å². The van der Waals surface area contributed by atoms with Crippen LogP contribution in [0.15, 0.2) is 18.2 Å². The van der Waals surface area contributed by atoms with Crippen LogP contribution < -0.4 is 5.32 Å². The summed E-state index contributed by atoms with van der Waals surface area (Å²) in [6, 6.07) is 5.81. The van der Waals surface area contributed by atoms with Crippen molar-refractivity contribution in [3.05, 3.63) is 34.9 Å². The first-order valence-electron chi connectivity index (χ1n) is 7.18. The number of hydrogen-bond acceptors (Lipinski definition) is 3. The molecule has 0 bridgehead atoms. The van der Waals surface area contributed by atoms with Crippen LogP contribution in [0.25, 0.3) is 0 Å². The van der Waals surface area contributed by atoms with E-state index in [-0.39, 0.29) is 24.5 Å². The molecule has 3 nitrogen and oxygen atoms in total. The number of aliphatic hydroxyl groups is 1. The molecule has 0 heterocycles. The van der Waals surface area contributed by atoms with Gasteiger partial charge in [-0.2, -0.15) is 0 Å². The highest BCUT2D eigenvalue weighted by atomic mass is 16.3. The zero-order chi connectivity index (χ0) is 13.8. The lowest BCUT2D eigenvalue weighted by atomic mass is 10.00. The van der Waals surface area contributed by atoms with Crippen LogP contribution in [0.2, 0.25) is 0 Å². The molecule has 1 aliphatic rings. The standard InChI is InChI=1S/C16H23NO2/c1-3-15(10-18)17-11(2)16(19)14-8-7-12-5-4-6-13(12)9-14/h7-9,11,15,17-18H,3-6,10H2,1-2H3. The lowest BCUT2D eigenvalue weighted by molar-refractivity contribution is 0.0935. The molecule has 1 aliphatic carbocycles. The van der Waals surface area contributed by atoms with Crippen LogP contribution in [-0.2, 0) is 12.8 Å². The van der Waals surface area contributed by atoms with E-state index >= 15 is 0 Å². The Labute approximate surface area is 115 Å². The van der Waals surface area contributed by atoms with Gasteiger partial charge in [0.1, 0.15) is 0 Å². The molecule has 0 saturated heterocycles. The molecule has 1 aromatic rings. The molecule has 0 aliphatic heterocycles. The Kier molecular flexibility index (Phi) is 4.72. The molecule has 0 saturated carbocycles.